The van der Waals surface area contributed by atoms with E-state index in [1.807, 2.05) is 0 Å². The molecule has 0 aliphatic carbocycles. The lowest BCUT2D eigenvalue weighted by molar-refractivity contribution is -0.133. The van der Waals surface area contributed by atoms with Crippen LogP contribution in [0.25, 0.3) is 0 Å². The van der Waals surface area contributed by atoms with Crippen molar-refractivity contribution in [2.24, 2.45) is 5.73 Å². The summed E-state index contributed by atoms with van der Waals surface area (Å²) in [5.41, 5.74) is 6.04. The smallest absolute Gasteiger partial charge is 0.243 e. The third kappa shape index (κ3) is 7.43. The van der Waals surface area contributed by atoms with E-state index in [1.165, 1.54) is 4.90 Å². The number of anilines is 1. The van der Waals surface area contributed by atoms with Crippen molar-refractivity contribution < 1.29 is 9.59 Å². The Morgan fingerprint density at radius 1 is 1.23 bits per heavy atom. The molecule has 0 unspecified atom stereocenters. The zero-order valence-corrected chi connectivity index (χ0v) is 13.7. The van der Waals surface area contributed by atoms with Crippen LogP contribution in [-0.4, -0.2) is 36.9 Å². The number of benzene rings is 1. The first-order chi connectivity index (χ1) is 10.5. The Labute approximate surface area is 136 Å². The molecule has 0 aromatic heterocycles. The third-order valence-electron chi connectivity index (χ3n) is 3.26. The molecule has 0 bridgehead atoms. The molecule has 122 valence electrons. The molecule has 0 radical (unpaired) electrons. The zero-order chi connectivity index (χ0) is 16.4. The lowest BCUT2D eigenvalue weighted by Gasteiger charge is -2.17. The van der Waals surface area contributed by atoms with E-state index >= 15 is 0 Å². The molecule has 3 N–H and O–H groups in total. The largest absolute Gasteiger partial charge is 0.336 e. The second kappa shape index (κ2) is 10.2. The van der Waals surface area contributed by atoms with Gasteiger partial charge in [-0.3, -0.25) is 9.59 Å². The molecule has 0 aliphatic rings. The molecule has 0 spiro atoms. The molecule has 1 rings (SSSR count). The van der Waals surface area contributed by atoms with Crippen molar-refractivity contribution in [2.45, 2.75) is 32.1 Å². The fourth-order valence-corrected chi connectivity index (χ4v) is 2.23. The highest BCUT2D eigenvalue weighted by Crippen LogP contribution is 2.14. The van der Waals surface area contributed by atoms with E-state index in [-0.39, 0.29) is 18.4 Å². The first-order valence-corrected chi connectivity index (χ1v) is 7.90. The summed E-state index contributed by atoms with van der Waals surface area (Å²) < 4.78 is 0. The monoisotopic (exact) mass is 325 g/mol. The number of likely N-dealkylation sites (N-methyl/N-ethyl adjacent to an activating group) is 1. The number of amides is 2. The molecule has 2 amide bonds. The topological polar surface area (TPSA) is 75.4 Å². The van der Waals surface area contributed by atoms with Crippen LogP contribution in [0.2, 0.25) is 5.02 Å². The van der Waals surface area contributed by atoms with E-state index in [9.17, 15) is 9.59 Å². The molecule has 0 atom stereocenters. The van der Waals surface area contributed by atoms with Gasteiger partial charge in [-0.2, -0.15) is 0 Å². The summed E-state index contributed by atoms with van der Waals surface area (Å²) in [5.74, 6) is -0.254. The Hall–Kier alpha value is -1.59. The van der Waals surface area contributed by atoms with Gasteiger partial charge in [0.2, 0.25) is 11.8 Å². The lowest BCUT2D eigenvalue weighted by Crippen LogP contribution is -2.34. The van der Waals surface area contributed by atoms with Crippen LogP contribution in [0.4, 0.5) is 5.69 Å². The average Bonchev–Trinajstić information content (AvgIpc) is 2.46. The highest BCUT2D eigenvalue weighted by Gasteiger charge is 2.12. The Kier molecular flexibility index (Phi) is 8.55. The van der Waals surface area contributed by atoms with E-state index in [2.05, 4.69) is 5.32 Å². The second-order valence-corrected chi connectivity index (χ2v) is 5.70. The van der Waals surface area contributed by atoms with Crippen molar-refractivity contribution in [2.75, 3.05) is 25.5 Å². The molecular formula is C16H24ClN3O2. The van der Waals surface area contributed by atoms with Crippen LogP contribution in [0, 0.1) is 0 Å². The maximum atomic E-state index is 11.9. The van der Waals surface area contributed by atoms with Crippen LogP contribution in [0.5, 0.6) is 0 Å². The lowest BCUT2D eigenvalue weighted by atomic mass is 10.1. The van der Waals surface area contributed by atoms with E-state index in [4.69, 9.17) is 17.3 Å². The summed E-state index contributed by atoms with van der Waals surface area (Å²) in [5, 5.41) is 3.28. The molecule has 0 heterocycles. The van der Waals surface area contributed by atoms with Crippen molar-refractivity contribution in [3.05, 3.63) is 29.3 Å². The van der Waals surface area contributed by atoms with Gasteiger partial charge in [-0.1, -0.05) is 30.5 Å². The Morgan fingerprint density at radius 3 is 2.64 bits per heavy atom. The van der Waals surface area contributed by atoms with Crippen molar-refractivity contribution in [1.29, 1.82) is 0 Å². The van der Waals surface area contributed by atoms with Crippen LogP contribution >= 0.6 is 11.6 Å². The van der Waals surface area contributed by atoms with Gasteiger partial charge in [0.25, 0.3) is 0 Å². The predicted octanol–water partition coefficient (Wildman–Crippen LogP) is 2.65. The number of nitrogens with zero attached hydrogens (tertiary/aromatic N) is 1. The summed E-state index contributed by atoms with van der Waals surface area (Å²) in [6.07, 6.45) is 4.32. The molecule has 0 aliphatic heterocycles. The standard InChI is InChI=1S/C16H24ClN3O2/c1-20(16(22)9-4-2-3-5-10-18)12-15(21)19-14-8-6-7-13(17)11-14/h6-8,11H,2-5,9-10,12,18H2,1H3,(H,19,21). The molecule has 6 heteroatoms. The van der Waals surface area contributed by atoms with Crippen molar-refractivity contribution in [1.82, 2.24) is 4.90 Å². The number of rotatable bonds is 9. The SMILES string of the molecule is CN(CC(=O)Nc1cccc(Cl)c1)C(=O)CCCCCCN. The van der Waals surface area contributed by atoms with Crippen molar-refractivity contribution in [3.63, 3.8) is 0 Å². The number of nitrogens with two attached hydrogens (primary N) is 1. The number of carbonyl (C=O) groups is 2. The highest BCUT2D eigenvalue weighted by molar-refractivity contribution is 6.30. The van der Waals surface area contributed by atoms with E-state index < -0.39 is 0 Å². The fraction of sp³-hybridized carbons (Fsp3) is 0.500. The molecule has 0 saturated carbocycles. The molecule has 0 saturated heterocycles. The minimum absolute atomic E-state index is 0.0195. The molecule has 0 fully saturated rings. The van der Waals surface area contributed by atoms with Crippen LogP contribution in [0.15, 0.2) is 24.3 Å². The normalized spacial score (nSPS) is 10.3. The maximum Gasteiger partial charge on any atom is 0.243 e. The first kappa shape index (κ1) is 18.5. The quantitative estimate of drug-likeness (QED) is 0.685. The number of halogens is 1. The molecule has 5 nitrogen and oxygen atoms in total. The molecule has 1 aromatic carbocycles. The second-order valence-electron chi connectivity index (χ2n) is 5.26. The Morgan fingerprint density at radius 2 is 1.95 bits per heavy atom. The van der Waals surface area contributed by atoms with Gasteiger partial charge in [0.1, 0.15) is 0 Å². The average molecular weight is 326 g/mol. The maximum absolute atomic E-state index is 11.9. The van der Waals surface area contributed by atoms with Gasteiger partial charge in [0, 0.05) is 24.2 Å². The third-order valence-corrected chi connectivity index (χ3v) is 3.49. The zero-order valence-electron chi connectivity index (χ0n) is 13.0. The van der Waals surface area contributed by atoms with Crippen LogP contribution in [0.1, 0.15) is 32.1 Å². The van der Waals surface area contributed by atoms with Crippen molar-refractivity contribution in [3.8, 4) is 0 Å². The van der Waals surface area contributed by atoms with Gasteiger partial charge < -0.3 is 16.0 Å². The minimum Gasteiger partial charge on any atom is -0.336 e. The van der Waals surface area contributed by atoms with E-state index in [0.29, 0.717) is 23.7 Å². The van der Waals surface area contributed by atoms with Gasteiger partial charge in [-0.15, -0.1) is 0 Å². The van der Waals surface area contributed by atoms with Crippen LogP contribution < -0.4 is 11.1 Å². The Balaban J connectivity index is 2.29. The first-order valence-electron chi connectivity index (χ1n) is 7.52. The van der Waals surface area contributed by atoms with Crippen LogP contribution in [0.3, 0.4) is 0 Å². The fourth-order valence-electron chi connectivity index (χ4n) is 2.04. The van der Waals surface area contributed by atoms with Gasteiger partial charge in [-0.25, -0.2) is 0 Å². The van der Waals surface area contributed by atoms with Gasteiger partial charge in [-0.05, 0) is 37.6 Å². The summed E-state index contributed by atoms with van der Waals surface area (Å²) in [6.45, 7) is 0.728. The number of carbonyl (C=O) groups excluding carboxylic acids is 2. The number of unbranched alkanes of at least 4 members (excludes halogenated alkanes) is 3. The Bertz CT molecular complexity index is 494. The number of hydrogen-bond donors (Lipinski definition) is 2. The predicted molar refractivity (Wildman–Crippen MR) is 89.9 cm³/mol. The highest BCUT2D eigenvalue weighted by atomic mass is 35.5. The summed E-state index contributed by atoms with van der Waals surface area (Å²) >= 11 is 5.85. The number of hydrogen-bond acceptors (Lipinski definition) is 3. The molecular weight excluding hydrogens is 302 g/mol. The van der Waals surface area contributed by atoms with Gasteiger partial charge >= 0.3 is 0 Å². The number of nitrogens with one attached hydrogen (secondary N) is 1. The summed E-state index contributed by atoms with van der Waals surface area (Å²) in [4.78, 5) is 25.3. The van der Waals surface area contributed by atoms with E-state index in [0.717, 1.165) is 25.7 Å². The van der Waals surface area contributed by atoms with Crippen LogP contribution in [-0.2, 0) is 9.59 Å². The minimum atomic E-state index is -0.235. The summed E-state index contributed by atoms with van der Waals surface area (Å²) in [7, 11) is 1.64. The van der Waals surface area contributed by atoms with Crippen molar-refractivity contribution >= 4 is 29.1 Å². The van der Waals surface area contributed by atoms with E-state index in [1.54, 1.807) is 31.3 Å². The van der Waals surface area contributed by atoms with Gasteiger partial charge in [0.05, 0.1) is 6.54 Å². The molecule has 1 aromatic rings. The summed E-state index contributed by atoms with van der Waals surface area (Å²) in [6, 6.07) is 6.91. The molecule has 22 heavy (non-hydrogen) atoms. The van der Waals surface area contributed by atoms with Gasteiger partial charge in [0.15, 0.2) is 0 Å².